The molecule has 15 nitrogen and oxygen atoms in total. The summed E-state index contributed by atoms with van der Waals surface area (Å²) >= 11 is 0. The first-order chi connectivity index (χ1) is 31.2. The number of carbonyl (C=O) groups is 1. The van der Waals surface area contributed by atoms with E-state index in [1.807, 2.05) is 0 Å². The maximum atomic E-state index is 14.1. The number of nitrogens with zero attached hydrogens (tertiary/aromatic N) is 9. The number of aldehydes is 1. The number of hydrogen-bond acceptors (Lipinski definition) is 15. The summed E-state index contributed by atoms with van der Waals surface area (Å²) in [7, 11) is 0. The van der Waals surface area contributed by atoms with E-state index in [-0.39, 0.29) is 51.5 Å². The van der Waals surface area contributed by atoms with Gasteiger partial charge in [0.05, 0.1) is 61.9 Å². The molecule has 2 aliphatic heterocycles. The van der Waals surface area contributed by atoms with Crippen molar-refractivity contribution in [1.29, 1.82) is 0 Å². The van der Waals surface area contributed by atoms with Crippen molar-refractivity contribution in [3.05, 3.63) is 132 Å². The lowest BCUT2D eigenvalue weighted by atomic mass is 10.0. The van der Waals surface area contributed by atoms with E-state index in [0.717, 1.165) is 36.7 Å². The quantitative estimate of drug-likeness (QED) is 0.0410. The van der Waals surface area contributed by atoms with Crippen molar-refractivity contribution in [2.75, 3.05) is 73.3 Å². The number of nitrogens with one attached hydrogen (secondary N) is 2. The third-order valence-electron chi connectivity index (χ3n) is 9.30. The Hall–Kier alpha value is -7.24. The van der Waals surface area contributed by atoms with Crippen molar-refractivity contribution in [1.82, 2.24) is 29.9 Å². The van der Waals surface area contributed by atoms with Crippen LogP contribution in [0.2, 0.25) is 0 Å². The van der Waals surface area contributed by atoms with Crippen LogP contribution in [0.15, 0.2) is 103 Å². The van der Waals surface area contributed by atoms with Gasteiger partial charge in [0.15, 0.2) is 29.6 Å². The molecule has 0 radical (unpaired) electrons. The fourth-order valence-electron chi connectivity index (χ4n) is 6.04. The molecule has 0 saturated carbocycles. The highest BCUT2D eigenvalue weighted by atomic mass is 19.4. The van der Waals surface area contributed by atoms with Gasteiger partial charge in [0.2, 0.25) is 11.9 Å². The Morgan fingerprint density at radius 2 is 1.03 bits per heavy atom. The number of hydrogen-bond donors (Lipinski definition) is 3. The van der Waals surface area contributed by atoms with Gasteiger partial charge in [-0.1, -0.05) is 58.7 Å². The van der Waals surface area contributed by atoms with Crippen molar-refractivity contribution in [3.8, 4) is 22.3 Å². The highest BCUT2D eigenvalue weighted by Crippen LogP contribution is 2.33. The van der Waals surface area contributed by atoms with Crippen LogP contribution in [0, 0.1) is 11.6 Å². The van der Waals surface area contributed by atoms with E-state index < -0.39 is 35.1 Å². The van der Waals surface area contributed by atoms with E-state index in [2.05, 4.69) is 45.9 Å². The maximum Gasteiger partial charge on any atom is 0.416 e. The minimum absolute atomic E-state index is 0. The summed E-state index contributed by atoms with van der Waals surface area (Å²) in [6.07, 6.45) is -1.79. The molecular weight excluding hydrogens is 909 g/mol. The molecule has 2 aliphatic rings. The predicted octanol–water partition coefficient (Wildman–Crippen LogP) is 9.21. The molecule has 4 N–H and O–H groups in total. The number of anilines is 4. The van der Waals surface area contributed by atoms with Gasteiger partial charge in [0.25, 0.3) is 0 Å². The average Bonchev–Trinajstić information content (AvgIpc) is 3.33. The molecule has 364 valence electrons. The molecule has 8 rings (SSSR count). The largest absolute Gasteiger partial charge is 0.416 e. The molecule has 6 heterocycles. The molecule has 0 atom stereocenters. The fraction of sp³-hybridized carbons (Fsp3) is 0.289. The fourth-order valence-corrected chi connectivity index (χ4v) is 6.04. The minimum atomic E-state index is -4.41. The molecule has 0 bridgehead atoms. The minimum Gasteiger partial charge on any atom is -0.378 e. The summed E-state index contributed by atoms with van der Waals surface area (Å²) < 4.78 is 114. The topological polar surface area (TPSA) is 182 Å². The zero-order chi connectivity index (χ0) is 46.4. The van der Waals surface area contributed by atoms with Gasteiger partial charge in [-0.15, -0.1) is 0 Å². The number of hydrazine groups is 1. The van der Waals surface area contributed by atoms with Gasteiger partial charge in [0.1, 0.15) is 5.69 Å². The SMILES string of the molecule is C.C.C.Fc1cnc(N/N=C\c2ccc(-c3cccc(C(F)(F)F)c3)cn2)nc1N1CCOCC1.NNc1ncc(F)c(N2CCOCC2)n1.O=Cc1ccc(-c2cccc(C(F)(F)F)c2)cn1. The number of benzene rings is 2. The molecule has 0 aliphatic carbocycles. The lowest BCUT2D eigenvalue weighted by molar-refractivity contribution is -0.138. The van der Waals surface area contributed by atoms with Crippen molar-refractivity contribution in [2.45, 2.75) is 34.6 Å². The molecule has 68 heavy (non-hydrogen) atoms. The number of rotatable bonds is 9. The zero-order valence-corrected chi connectivity index (χ0v) is 33.9. The first-order valence-corrected chi connectivity index (χ1v) is 19.4. The Bertz CT molecular complexity index is 2520. The maximum absolute atomic E-state index is 14.1. The number of aromatic nitrogens is 6. The van der Waals surface area contributed by atoms with Gasteiger partial charge >= 0.3 is 12.4 Å². The van der Waals surface area contributed by atoms with Gasteiger partial charge in [-0.3, -0.25) is 20.2 Å². The van der Waals surface area contributed by atoms with Crippen LogP contribution in [0.1, 0.15) is 49.6 Å². The molecule has 6 aromatic rings. The second kappa shape index (κ2) is 25.6. The third-order valence-corrected chi connectivity index (χ3v) is 9.30. The summed E-state index contributed by atoms with van der Waals surface area (Å²) in [6.45, 7) is 4.44. The van der Waals surface area contributed by atoms with E-state index in [0.29, 0.717) is 86.8 Å². The average molecular weight is 959 g/mol. The Morgan fingerprint density at radius 1 is 0.588 bits per heavy atom. The molecule has 23 heteroatoms. The molecular formula is C45H50F8N12O3. The van der Waals surface area contributed by atoms with Crippen LogP contribution in [-0.4, -0.2) is 95.0 Å². The summed E-state index contributed by atoms with van der Waals surface area (Å²) in [4.78, 5) is 37.7. The second-order valence-corrected chi connectivity index (χ2v) is 13.7. The van der Waals surface area contributed by atoms with E-state index >= 15 is 0 Å². The third kappa shape index (κ3) is 15.4. The monoisotopic (exact) mass is 958 g/mol. The normalized spacial score (nSPS) is 13.5. The highest BCUT2D eigenvalue weighted by molar-refractivity contribution is 5.78. The number of carbonyl (C=O) groups excluding carboxylic acids is 1. The number of nitrogens with two attached hydrogens (primary N) is 1. The van der Waals surface area contributed by atoms with Crippen LogP contribution >= 0.6 is 0 Å². The molecule has 2 aromatic carbocycles. The van der Waals surface area contributed by atoms with Crippen molar-refractivity contribution in [3.63, 3.8) is 0 Å². The summed E-state index contributed by atoms with van der Waals surface area (Å²) in [5.74, 6) is 4.93. The van der Waals surface area contributed by atoms with Crippen LogP contribution in [0.4, 0.5) is 58.7 Å². The number of hydrazone groups is 1. The van der Waals surface area contributed by atoms with Crippen molar-refractivity contribution in [2.24, 2.45) is 10.9 Å². The van der Waals surface area contributed by atoms with Gasteiger partial charge in [-0.25, -0.2) is 30.0 Å². The molecule has 0 amide bonds. The van der Waals surface area contributed by atoms with Gasteiger partial charge in [0, 0.05) is 49.7 Å². The number of alkyl halides is 6. The van der Waals surface area contributed by atoms with Crippen LogP contribution in [0.25, 0.3) is 22.3 Å². The van der Waals surface area contributed by atoms with Crippen molar-refractivity contribution >= 4 is 36.0 Å². The van der Waals surface area contributed by atoms with Crippen molar-refractivity contribution < 1.29 is 49.4 Å². The molecule has 2 fully saturated rings. The van der Waals surface area contributed by atoms with Gasteiger partial charge in [-0.05, 0) is 47.5 Å². The lowest BCUT2D eigenvalue weighted by Crippen LogP contribution is -2.37. The van der Waals surface area contributed by atoms with E-state index in [4.69, 9.17) is 15.3 Å². The summed E-state index contributed by atoms with van der Waals surface area (Å²) in [5, 5.41) is 4.00. The predicted molar refractivity (Wildman–Crippen MR) is 244 cm³/mol. The molecule has 0 unspecified atom stereocenters. The van der Waals surface area contributed by atoms with Crippen LogP contribution in [-0.2, 0) is 21.8 Å². The second-order valence-electron chi connectivity index (χ2n) is 13.7. The summed E-state index contributed by atoms with van der Waals surface area (Å²) in [5.41, 5.74) is 6.08. The first kappa shape index (κ1) is 55.1. The first-order valence-electron chi connectivity index (χ1n) is 19.4. The zero-order valence-electron chi connectivity index (χ0n) is 33.9. The molecule has 0 spiro atoms. The number of morpholine rings is 2. The van der Waals surface area contributed by atoms with Crippen LogP contribution in [0.3, 0.4) is 0 Å². The number of ether oxygens (including phenoxy) is 2. The smallest absolute Gasteiger partial charge is 0.378 e. The Kier molecular flexibility index (Phi) is 20.7. The summed E-state index contributed by atoms with van der Waals surface area (Å²) in [6, 6.07) is 16.3. The molecule has 4 aromatic heterocycles. The standard InChI is InChI=1S/C21H18F4N6O.C13H8F3NO.C8H12FN5O.3CH4/c22-18-13-27-20(29-19(18)31-6-8-32-9-7-31)30-28-12-17-5-4-15(11-26-17)14-2-1-3-16(10-14)21(23,24)25;14-13(15,16)11-3-1-2-9(6-11)10-4-5-12(8-18)17-7-10;9-6-5-11-8(13-10)12-7(6)14-1-3-15-4-2-14;;;/h1-5,10-13H,6-9H2,(H,27,29,30);1-8H;5H,1-4,10H2,(H,11,12,13);3*1H4/b28-12-;;;;;. The van der Waals surface area contributed by atoms with Crippen LogP contribution < -0.4 is 26.5 Å². The number of halogens is 8. The Morgan fingerprint density at radius 3 is 1.44 bits per heavy atom. The Labute approximate surface area is 387 Å². The van der Waals surface area contributed by atoms with Crippen LogP contribution in [0.5, 0.6) is 0 Å². The van der Waals surface area contributed by atoms with Gasteiger partial charge < -0.3 is 19.3 Å². The van der Waals surface area contributed by atoms with Gasteiger partial charge in [-0.2, -0.15) is 41.4 Å². The number of pyridine rings is 2. The molecule has 2 saturated heterocycles. The number of nitrogen functional groups attached to an aromatic ring is 1. The Balaban J connectivity index is 0.000000289. The van der Waals surface area contributed by atoms with E-state index in [1.54, 1.807) is 40.1 Å². The van der Waals surface area contributed by atoms with E-state index in [1.165, 1.54) is 36.8 Å². The lowest BCUT2D eigenvalue weighted by Gasteiger charge is -2.27. The van der Waals surface area contributed by atoms with E-state index in [9.17, 15) is 39.9 Å². The highest BCUT2D eigenvalue weighted by Gasteiger charge is 2.31.